The van der Waals surface area contributed by atoms with Gasteiger partial charge in [0, 0.05) is 24.7 Å². The van der Waals surface area contributed by atoms with Gasteiger partial charge in [-0.25, -0.2) is 9.97 Å². The molecule has 1 aliphatic rings. The fraction of sp³-hybridized carbons (Fsp3) is 0.467. The highest BCUT2D eigenvalue weighted by Crippen LogP contribution is 2.31. The minimum absolute atomic E-state index is 0.297. The summed E-state index contributed by atoms with van der Waals surface area (Å²) in [4.78, 5) is 8.84. The first-order chi connectivity index (χ1) is 9.36. The number of nitrogens with one attached hydrogen (secondary N) is 1. The molecular weight excluding hydrogens is 238 g/mol. The number of aliphatic hydroxyl groups is 1. The molecule has 19 heavy (non-hydrogen) atoms. The third kappa shape index (κ3) is 2.68. The van der Waals surface area contributed by atoms with Gasteiger partial charge in [-0.1, -0.05) is 24.6 Å². The second kappa shape index (κ2) is 5.53. The summed E-state index contributed by atoms with van der Waals surface area (Å²) in [7, 11) is 0. The van der Waals surface area contributed by atoms with Crippen molar-refractivity contribution in [3.8, 4) is 0 Å². The number of fused-ring (bicyclic) bond motifs is 1. The Kier molecular flexibility index (Phi) is 3.60. The van der Waals surface area contributed by atoms with Crippen molar-refractivity contribution in [3.63, 3.8) is 0 Å². The SMILES string of the molecule is OCC1CCCC1CNc1ncc2ccccc2n1. The fourth-order valence-corrected chi connectivity index (χ4v) is 2.90. The molecular formula is C15H19N3O. The molecule has 4 heteroatoms. The summed E-state index contributed by atoms with van der Waals surface area (Å²) in [6, 6.07) is 7.98. The van der Waals surface area contributed by atoms with E-state index in [-0.39, 0.29) is 0 Å². The lowest BCUT2D eigenvalue weighted by Crippen LogP contribution is -2.21. The highest BCUT2D eigenvalue weighted by atomic mass is 16.3. The first-order valence-electron chi connectivity index (χ1n) is 6.93. The van der Waals surface area contributed by atoms with Gasteiger partial charge in [0.25, 0.3) is 0 Å². The largest absolute Gasteiger partial charge is 0.396 e. The van der Waals surface area contributed by atoms with E-state index in [0.717, 1.165) is 23.9 Å². The van der Waals surface area contributed by atoms with Crippen LogP contribution in [0.25, 0.3) is 10.9 Å². The van der Waals surface area contributed by atoms with Gasteiger partial charge in [0.1, 0.15) is 0 Å². The molecule has 1 fully saturated rings. The Bertz CT molecular complexity index is 558. The third-order valence-electron chi connectivity index (χ3n) is 4.06. The van der Waals surface area contributed by atoms with E-state index in [9.17, 15) is 5.11 Å². The van der Waals surface area contributed by atoms with E-state index < -0.39 is 0 Å². The number of para-hydroxylation sites is 1. The first-order valence-corrected chi connectivity index (χ1v) is 6.93. The molecule has 0 amide bonds. The van der Waals surface area contributed by atoms with Crippen LogP contribution in [0.15, 0.2) is 30.5 Å². The number of anilines is 1. The second-order valence-electron chi connectivity index (χ2n) is 5.27. The van der Waals surface area contributed by atoms with Crippen molar-refractivity contribution in [1.82, 2.24) is 9.97 Å². The molecule has 0 saturated heterocycles. The van der Waals surface area contributed by atoms with Crippen LogP contribution in [0.2, 0.25) is 0 Å². The van der Waals surface area contributed by atoms with Gasteiger partial charge in [0.15, 0.2) is 0 Å². The van der Waals surface area contributed by atoms with Crippen molar-refractivity contribution in [2.24, 2.45) is 11.8 Å². The molecule has 2 N–H and O–H groups in total. The van der Waals surface area contributed by atoms with E-state index in [1.54, 1.807) is 0 Å². The molecule has 1 heterocycles. The van der Waals surface area contributed by atoms with Crippen LogP contribution in [0.5, 0.6) is 0 Å². The fourth-order valence-electron chi connectivity index (χ4n) is 2.90. The second-order valence-corrected chi connectivity index (χ2v) is 5.27. The lowest BCUT2D eigenvalue weighted by atomic mass is 9.97. The molecule has 0 bridgehead atoms. The minimum atomic E-state index is 0.297. The molecule has 1 aliphatic carbocycles. The highest BCUT2D eigenvalue weighted by molar-refractivity contribution is 5.78. The van der Waals surface area contributed by atoms with Crippen LogP contribution < -0.4 is 5.32 Å². The highest BCUT2D eigenvalue weighted by Gasteiger charge is 2.26. The summed E-state index contributed by atoms with van der Waals surface area (Å²) in [5.74, 6) is 1.66. The Hall–Kier alpha value is -1.68. The topological polar surface area (TPSA) is 58.0 Å². The summed E-state index contributed by atoms with van der Waals surface area (Å²) in [6.45, 7) is 1.15. The van der Waals surface area contributed by atoms with Crippen LogP contribution >= 0.6 is 0 Å². The van der Waals surface area contributed by atoms with Gasteiger partial charge in [-0.2, -0.15) is 0 Å². The molecule has 100 valence electrons. The third-order valence-corrected chi connectivity index (χ3v) is 4.06. The molecule has 2 unspecified atom stereocenters. The van der Waals surface area contributed by atoms with Gasteiger partial charge in [0.2, 0.25) is 5.95 Å². The van der Waals surface area contributed by atoms with Crippen LogP contribution in [-0.4, -0.2) is 28.2 Å². The minimum Gasteiger partial charge on any atom is -0.396 e. The van der Waals surface area contributed by atoms with E-state index in [1.165, 1.54) is 12.8 Å². The number of rotatable bonds is 4. The Morgan fingerprint density at radius 3 is 2.95 bits per heavy atom. The molecule has 0 spiro atoms. The maximum Gasteiger partial charge on any atom is 0.223 e. The average Bonchev–Trinajstić information content (AvgIpc) is 2.92. The molecule has 1 aromatic carbocycles. The lowest BCUT2D eigenvalue weighted by Gasteiger charge is -2.17. The number of benzene rings is 1. The summed E-state index contributed by atoms with van der Waals surface area (Å²) >= 11 is 0. The van der Waals surface area contributed by atoms with Gasteiger partial charge in [-0.3, -0.25) is 0 Å². The predicted molar refractivity (Wildman–Crippen MR) is 75.9 cm³/mol. The molecule has 1 aromatic heterocycles. The molecule has 2 aromatic rings. The van der Waals surface area contributed by atoms with Crippen molar-refractivity contribution in [2.75, 3.05) is 18.5 Å². The predicted octanol–water partition coefficient (Wildman–Crippen LogP) is 2.45. The number of hydrogen-bond donors (Lipinski definition) is 2. The summed E-state index contributed by atoms with van der Waals surface area (Å²) in [6.07, 6.45) is 5.40. The van der Waals surface area contributed by atoms with Crippen LogP contribution in [0.3, 0.4) is 0 Å². The van der Waals surface area contributed by atoms with Crippen molar-refractivity contribution in [2.45, 2.75) is 19.3 Å². The maximum atomic E-state index is 9.32. The number of nitrogens with zero attached hydrogens (tertiary/aromatic N) is 2. The molecule has 2 atom stereocenters. The van der Waals surface area contributed by atoms with E-state index in [4.69, 9.17) is 0 Å². The van der Waals surface area contributed by atoms with Crippen molar-refractivity contribution < 1.29 is 5.11 Å². The standard InChI is InChI=1S/C15H19N3O/c19-10-13-6-3-5-11(13)8-16-15-17-9-12-4-1-2-7-14(12)18-15/h1-2,4,7,9,11,13,19H,3,5-6,8,10H2,(H,16,17,18). The van der Waals surface area contributed by atoms with E-state index >= 15 is 0 Å². The van der Waals surface area contributed by atoms with Crippen molar-refractivity contribution >= 4 is 16.9 Å². The summed E-state index contributed by atoms with van der Waals surface area (Å²) < 4.78 is 0. The van der Waals surface area contributed by atoms with Crippen molar-refractivity contribution in [1.29, 1.82) is 0 Å². The molecule has 3 rings (SSSR count). The zero-order valence-electron chi connectivity index (χ0n) is 10.9. The van der Waals surface area contributed by atoms with Crippen molar-refractivity contribution in [3.05, 3.63) is 30.5 Å². The van der Waals surface area contributed by atoms with Crippen LogP contribution in [0, 0.1) is 11.8 Å². The van der Waals surface area contributed by atoms with Gasteiger partial charge in [-0.15, -0.1) is 0 Å². The molecule has 1 saturated carbocycles. The summed E-state index contributed by atoms with van der Waals surface area (Å²) in [5, 5.41) is 13.7. The number of aliphatic hydroxyl groups excluding tert-OH is 1. The van der Waals surface area contributed by atoms with E-state index in [2.05, 4.69) is 15.3 Å². The van der Waals surface area contributed by atoms with E-state index in [1.807, 2.05) is 30.5 Å². The molecule has 0 aliphatic heterocycles. The lowest BCUT2D eigenvalue weighted by molar-refractivity contribution is 0.199. The molecule has 4 nitrogen and oxygen atoms in total. The smallest absolute Gasteiger partial charge is 0.223 e. The monoisotopic (exact) mass is 257 g/mol. The average molecular weight is 257 g/mol. The quantitative estimate of drug-likeness (QED) is 0.883. The zero-order chi connectivity index (χ0) is 13.1. The van der Waals surface area contributed by atoms with Gasteiger partial charge in [-0.05, 0) is 30.7 Å². The van der Waals surface area contributed by atoms with Gasteiger partial charge < -0.3 is 10.4 Å². The maximum absolute atomic E-state index is 9.32. The zero-order valence-corrected chi connectivity index (χ0v) is 10.9. The Morgan fingerprint density at radius 2 is 2.05 bits per heavy atom. The van der Waals surface area contributed by atoms with Gasteiger partial charge in [0.05, 0.1) is 5.52 Å². The van der Waals surface area contributed by atoms with Crippen LogP contribution in [0.1, 0.15) is 19.3 Å². The van der Waals surface area contributed by atoms with E-state index in [0.29, 0.717) is 24.4 Å². The Balaban J connectivity index is 1.68. The Morgan fingerprint density at radius 1 is 1.21 bits per heavy atom. The van der Waals surface area contributed by atoms with Crippen LogP contribution in [0.4, 0.5) is 5.95 Å². The first kappa shape index (κ1) is 12.4. The molecule has 0 radical (unpaired) electrons. The Labute approximate surface area is 112 Å². The van der Waals surface area contributed by atoms with Crippen LogP contribution in [-0.2, 0) is 0 Å². The number of hydrogen-bond acceptors (Lipinski definition) is 4. The van der Waals surface area contributed by atoms with Gasteiger partial charge >= 0.3 is 0 Å². The normalized spacial score (nSPS) is 22.8. The number of aromatic nitrogens is 2. The summed E-state index contributed by atoms with van der Waals surface area (Å²) in [5.41, 5.74) is 0.963.